The zero-order valence-electron chi connectivity index (χ0n) is 9.08. The number of phenolic OH excluding ortho intramolecular Hbond substituents is 1. The highest BCUT2D eigenvalue weighted by Crippen LogP contribution is 2.30. The van der Waals surface area contributed by atoms with Crippen LogP contribution >= 0.6 is 0 Å². The quantitative estimate of drug-likeness (QED) is 0.700. The zero-order valence-corrected chi connectivity index (χ0v) is 9.08. The number of terminal acetylenes is 1. The second-order valence-electron chi connectivity index (χ2n) is 3.73. The van der Waals surface area contributed by atoms with E-state index in [1.807, 2.05) is 0 Å². The molecule has 0 atom stereocenters. The molecule has 0 aliphatic rings. The molecule has 2 aromatic rings. The summed E-state index contributed by atoms with van der Waals surface area (Å²) in [5.41, 5.74) is 0.628. The Morgan fingerprint density at radius 3 is 2.65 bits per heavy atom. The largest absolute Gasteiger partial charge is 0.508 e. The van der Waals surface area contributed by atoms with Crippen molar-refractivity contribution in [2.45, 2.75) is 6.92 Å². The molecule has 0 aromatic heterocycles. The second-order valence-corrected chi connectivity index (χ2v) is 3.73. The molecule has 0 radical (unpaired) electrons. The van der Waals surface area contributed by atoms with E-state index in [2.05, 4.69) is 5.92 Å². The van der Waals surface area contributed by atoms with E-state index in [1.165, 1.54) is 18.2 Å². The van der Waals surface area contributed by atoms with Gasteiger partial charge in [-0.2, -0.15) is 5.26 Å². The molecular formula is C14H8FNO. The van der Waals surface area contributed by atoms with Crippen LogP contribution in [0, 0.1) is 36.4 Å². The Bertz CT molecular complexity index is 705. The average molecular weight is 225 g/mol. The van der Waals surface area contributed by atoms with Gasteiger partial charge in [-0.3, -0.25) is 0 Å². The molecule has 0 aliphatic heterocycles. The molecule has 0 aliphatic carbocycles. The maximum atomic E-state index is 13.9. The normalized spacial score (nSPS) is 9.88. The van der Waals surface area contributed by atoms with E-state index in [9.17, 15) is 9.50 Å². The van der Waals surface area contributed by atoms with Crippen LogP contribution in [0.2, 0.25) is 0 Å². The molecule has 0 fully saturated rings. The summed E-state index contributed by atoms with van der Waals surface area (Å²) < 4.78 is 13.9. The Hall–Kier alpha value is -2.52. The van der Waals surface area contributed by atoms with E-state index in [1.54, 1.807) is 13.0 Å². The lowest BCUT2D eigenvalue weighted by molar-refractivity contribution is 0.476. The predicted molar refractivity (Wildman–Crippen MR) is 63.0 cm³/mol. The van der Waals surface area contributed by atoms with E-state index in [0.717, 1.165) is 0 Å². The summed E-state index contributed by atoms with van der Waals surface area (Å²) in [7, 11) is 0. The van der Waals surface area contributed by atoms with Crippen molar-refractivity contribution in [3.63, 3.8) is 0 Å². The summed E-state index contributed by atoms with van der Waals surface area (Å²) in [4.78, 5) is 0. The van der Waals surface area contributed by atoms with Crippen molar-refractivity contribution in [1.29, 1.82) is 5.26 Å². The van der Waals surface area contributed by atoms with Crippen molar-refractivity contribution in [3.05, 3.63) is 40.7 Å². The molecule has 1 N–H and O–H groups in total. The summed E-state index contributed by atoms with van der Waals surface area (Å²) in [6, 6.07) is 6.11. The summed E-state index contributed by atoms with van der Waals surface area (Å²) in [5.74, 6) is 1.64. The number of nitrogens with zero attached hydrogens (tertiary/aromatic N) is 1. The van der Waals surface area contributed by atoms with Gasteiger partial charge in [0.05, 0.1) is 11.1 Å². The van der Waals surface area contributed by atoms with Gasteiger partial charge in [-0.1, -0.05) is 5.92 Å². The minimum absolute atomic E-state index is 0.0634. The molecule has 0 saturated heterocycles. The predicted octanol–water partition coefficient (Wildman–Crippen LogP) is 2.85. The van der Waals surface area contributed by atoms with Gasteiger partial charge in [0.2, 0.25) is 0 Å². The number of phenols is 1. The molecule has 0 spiro atoms. The number of hydrogen-bond acceptors (Lipinski definition) is 2. The summed E-state index contributed by atoms with van der Waals surface area (Å²) in [6.07, 6.45) is 5.29. The summed E-state index contributed by atoms with van der Waals surface area (Å²) >= 11 is 0. The number of nitriles is 1. The Kier molecular flexibility index (Phi) is 2.46. The summed E-state index contributed by atoms with van der Waals surface area (Å²) in [6.45, 7) is 1.73. The van der Waals surface area contributed by atoms with Crippen LogP contribution < -0.4 is 0 Å². The third kappa shape index (κ3) is 1.58. The average Bonchev–Trinajstić information content (AvgIpc) is 2.29. The standard InChI is InChI=1S/C14H8FNO/c1-3-12-13-8(2)4-11(17)6-9(13)5-10(7-16)14(12)15/h1,4-6,17H,2H3. The first kappa shape index (κ1) is 11.0. The molecule has 0 bridgehead atoms. The first-order valence-electron chi connectivity index (χ1n) is 4.91. The van der Waals surface area contributed by atoms with Crippen LogP contribution in [-0.4, -0.2) is 5.11 Å². The topological polar surface area (TPSA) is 44.0 Å². The zero-order chi connectivity index (χ0) is 12.6. The van der Waals surface area contributed by atoms with Gasteiger partial charge in [-0.15, -0.1) is 6.42 Å². The van der Waals surface area contributed by atoms with Crippen LogP contribution in [0.5, 0.6) is 5.75 Å². The van der Waals surface area contributed by atoms with E-state index in [-0.39, 0.29) is 16.9 Å². The highest BCUT2D eigenvalue weighted by atomic mass is 19.1. The molecule has 2 aromatic carbocycles. The number of halogens is 1. The number of fused-ring (bicyclic) bond motifs is 1. The second kappa shape index (κ2) is 3.81. The van der Waals surface area contributed by atoms with Gasteiger partial charge in [0.1, 0.15) is 11.8 Å². The molecule has 0 amide bonds. The number of aryl methyl sites for hydroxylation is 1. The first-order chi connectivity index (χ1) is 8.08. The van der Waals surface area contributed by atoms with E-state index in [4.69, 9.17) is 11.7 Å². The number of benzene rings is 2. The molecule has 0 unspecified atom stereocenters. The number of rotatable bonds is 0. The molecule has 2 nitrogen and oxygen atoms in total. The van der Waals surface area contributed by atoms with Crippen LogP contribution in [0.4, 0.5) is 4.39 Å². The minimum Gasteiger partial charge on any atom is -0.508 e. The van der Waals surface area contributed by atoms with Crippen molar-refractivity contribution < 1.29 is 9.50 Å². The van der Waals surface area contributed by atoms with Gasteiger partial charge in [0.25, 0.3) is 0 Å². The van der Waals surface area contributed by atoms with E-state index in [0.29, 0.717) is 16.3 Å². The molecule has 2 rings (SSSR count). The van der Waals surface area contributed by atoms with Gasteiger partial charge >= 0.3 is 0 Å². The van der Waals surface area contributed by atoms with Crippen LogP contribution in [0.25, 0.3) is 10.8 Å². The third-order valence-electron chi connectivity index (χ3n) is 2.62. The Labute approximate surface area is 97.9 Å². The van der Waals surface area contributed by atoms with Crippen LogP contribution in [0.15, 0.2) is 18.2 Å². The highest BCUT2D eigenvalue weighted by Gasteiger charge is 2.14. The maximum Gasteiger partial charge on any atom is 0.157 e. The fourth-order valence-corrected chi connectivity index (χ4v) is 1.93. The van der Waals surface area contributed by atoms with Gasteiger partial charge in [-0.05, 0) is 36.1 Å². The highest BCUT2D eigenvalue weighted by molar-refractivity contribution is 5.93. The smallest absolute Gasteiger partial charge is 0.157 e. The first-order valence-corrected chi connectivity index (χ1v) is 4.91. The molecular weight excluding hydrogens is 217 g/mol. The van der Waals surface area contributed by atoms with Gasteiger partial charge in [0, 0.05) is 5.39 Å². The molecule has 17 heavy (non-hydrogen) atoms. The fraction of sp³-hybridized carbons (Fsp3) is 0.0714. The molecule has 3 heteroatoms. The van der Waals surface area contributed by atoms with Crippen LogP contribution in [0.1, 0.15) is 16.7 Å². The Morgan fingerprint density at radius 1 is 1.35 bits per heavy atom. The van der Waals surface area contributed by atoms with E-state index >= 15 is 0 Å². The fourth-order valence-electron chi connectivity index (χ4n) is 1.93. The molecule has 0 heterocycles. The lowest BCUT2D eigenvalue weighted by atomic mass is 9.97. The van der Waals surface area contributed by atoms with Gasteiger partial charge in [0.15, 0.2) is 5.82 Å². The van der Waals surface area contributed by atoms with Crippen molar-refractivity contribution in [2.75, 3.05) is 0 Å². The van der Waals surface area contributed by atoms with Crippen LogP contribution in [0.3, 0.4) is 0 Å². The SMILES string of the molecule is C#Cc1c(F)c(C#N)cc2cc(O)cc(C)c12. The Morgan fingerprint density at radius 2 is 2.06 bits per heavy atom. The summed E-state index contributed by atoms with van der Waals surface area (Å²) in [5, 5.41) is 19.4. The molecule has 0 saturated carbocycles. The van der Waals surface area contributed by atoms with Gasteiger partial charge in [-0.25, -0.2) is 4.39 Å². The third-order valence-corrected chi connectivity index (χ3v) is 2.62. The van der Waals surface area contributed by atoms with Crippen molar-refractivity contribution >= 4 is 10.8 Å². The van der Waals surface area contributed by atoms with Crippen LogP contribution in [-0.2, 0) is 0 Å². The van der Waals surface area contributed by atoms with Gasteiger partial charge < -0.3 is 5.11 Å². The van der Waals surface area contributed by atoms with Crippen molar-refractivity contribution in [3.8, 4) is 24.2 Å². The monoisotopic (exact) mass is 225 g/mol. The lowest BCUT2D eigenvalue weighted by Crippen LogP contribution is -1.94. The molecule has 82 valence electrons. The number of hydrogen-bond donors (Lipinski definition) is 1. The minimum atomic E-state index is -0.684. The maximum absolute atomic E-state index is 13.9. The van der Waals surface area contributed by atoms with E-state index < -0.39 is 5.82 Å². The number of aromatic hydroxyl groups is 1. The Balaban J connectivity index is 3.06. The lowest BCUT2D eigenvalue weighted by Gasteiger charge is -2.08. The van der Waals surface area contributed by atoms with Crippen molar-refractivity contribution in [2.24, 2.45) is 0 Å². The van der Waals surface area contributed by atoms with Crippen molar-refractivity contribution in [1.82, 2.24) is 0 Å².